The summed E-state index contributed by atoms with van der Waals surface area (Å²) < 4.78 is 15.5. The highest BCUT2D eigenvalue weighted by molar-refractivity contribution is 5.89. The molecular formula is C20H19FN4O2. The van der Waals surface area contributed by atoms with Crippen LogP contribution < -0.4 is 0 Å². The molecule has 0 fully saturated rings. The molecule has 0 saturated heterocycles. The molecule has 0 saturated carbocycles. The molecule has 0 aliphatic rings. The van der Waals surface area contributed by atoms with Gasteiger partial charge in [-0.15, -0.1) is 0 Å². The van der Waals surface area contributed by atoms with Crippen molar-refractivity contribution in [3.63, 3.8) is 0 Å². The Morgan fingerprint density at radius 3 is 2.85 bits per heavy atom. The number of benzene rings is 1. The van der Waals surface area contributed by atoms with Gasteiger partial charge in [0, 0.05) is 24.2 Å². The SMILES string of the molecule is CN(C)CC#CCn1nc(Cc2cnccc2C(=O)O)c2cc(F)ccc21. The van der Waals surface area contributed by atoms with Crippen LogP contribution in [0.25, 0.3) is 10.9 Å². The van der Waals surface area contributed by atoms with Crippen molar-refractivity contribution in [3.8, 4) is 11.8 Å². The van der Waals surface area contributed by atoms with E-state index in [1.54, 1.807) is 10.7 Å². The molecule has 0 radical (unpaired) electrons. The zero-order chi connectivity index (χ0) is 19.4. The summed E-state index contributed by atoms with van der Waals surface area (Å²) in [5.74, 6) is 4.70. The van der Waals surface area contributed by atoms with E-state index in [1.807, 2.05) is 19.0 Å². The summed E-state index contributed by atoms with van der Waals surface area (Å²) in [6, 6.07) is 5.91. The van der Waals surface area contributed by atoms with Gasteiger partial charge in [-0.3, -0.25) is 14.6 Å². The monoisotopic (exact) mass is 366 g/mol. The maximum atomic E-state index is 13.8. The molecule has 2 aromatic heterocycles. The van der Waals surface area contributed by atoms with Gasteiger partial charge in [0.15, 0.2) is 0 Å². The number of carboxylic acid groups (broad SMARTS) is 1. The number of aromatic carboxylic acids is 1. The fraction of sp³-hybridized carbons (Fsp3) is 0.250. The lowest BCUT2D eigenvalue weighted by molar-refractivity contribution is 0.0695. The number of hydrogen-bond acceptors (Lipinski definition) is 4. The fourth-order valence-corrected chi connectivity index (χ4v) is 2.77. The molecule has 1 aromatic carbocycles. The van der Waals surface area contributed by atoms with Gasteiger partial charge in [-0.2, -0.15) is 5.10 Å². The Morgan fingerprint density at radius 2 is 2.11 bits per heavy atom. The summed E-state index contributed by atoms with van der Waals surface area (Å²) in [7, 11) is 3.87. The van der Waals surface area contributed by atoms with E-state index in [2.05, 4.69) is 21.9 Å². The first-order chi connectivity index (χ1) is 13.0. The van der Waals surface area contributed by atoms with Crippen molar-refractivity contribution >= 4 is 16.9 Å². The summed E-state index contributed by atoms with van der Waals surface area (Å²) in [4.78, 5) is 17.4. The maximum absolute atomic E-state index is 13.8. The van der Waals surface area contributed by atoms with Crippen LogP contribution in [0.1, 0.15) is 21.6 Å². The lowest BCUT2D eigenvalue weighted by Crippen LogP contribution is -2.11. The molecule has 0 bridgehead atoms. The maximum Gasteiger partial charge on any atom is 0.336 e. The van der Waals surface area contributed by atoms with Crippen LogP contribution in [0.2, 0.25) is 0 Å². The molecule has 3 aromatic rings. The molecule has 0 unspecified atom stereocenters. The number of carboxylic acids is 1. The molecule has 138 valence electrons. The summed E-state index contributed by atoms with van der Waals surface area (Å²) in [6.07, 6.45) is 3.18. The number of aromatic nitrogens is 3. The van der Waals surface area contributed by atoms with E-state index in [9.17, 15) is 14.3 Å². The van der Waals surface area contributed by atoms with Crippen molar-refractivity contribution in [2.45, 2.75) is 13.0 Å². The van der Waals surface area contributed by atoms with Crippen molar-refractivity contribution < 1.29 is 14.3 Å². The van der Waals surface area contributed by atoms with Crippen LogP contribution in [-0.2, 0) is 13.0 Å². The second kappa shape index (κ2) is 7.98. The number of rotatable bonds is 5. The van der Waals surface area contributed by atoms with Gasteiger partial charge in [0.05, 0.1) is 23.3 Å². The van der Waals surface area contributed by atoms with Crippen LogP contribution in [0.5, 0.6) is 0 Å². The topological polar surface area (TPSA) is 71.2 Å². The Morgan fingerprint density at radius 1 is 1.30 bits per heavy atom. The zero-order valence-electron chi connectivity index (χ0n) is 15.1. The van der Waals surface area contributed by atoms with Crippen molar-refractivity contribution in [1.82, 2.24) is 19.7 Å². The summed E-state index contributed by atoms with van der Waals surface area (Å²) >= 11 is 0. The summed E-state index contributed by atoms with van der Waals surface area (Å²) in [6.45, 7) is 1.01. The second-order valence-corrected chi connectivity index (χ2v) is 6.37. The number of hydrogen-bond donors (Lipinski definition) is 1. The Balaban J connectivity index is 1.99. The molecule has 0 aliphatic carbocycles. The smallest absolute Gasteiger partial charge is 0.336 e. The standard InChI is InChI=1S/C20H19FN4O2/c1-24(2)9-3-4-10-25-19-6-5-15(21)12-17(19)18(23-25)11-14-13-22-8-7-16(14)20(26)27/h5-8,12-13H,9-11H2,1-2H3,(H,26,27). The number of nitrogens with zero attached hydrogens (tertiary/aromatic N) is 4. The molecule has 2 heterocycles. The molecule has 27 heavy (non-hydrogen) atoms. The Bertz CT molecular complexity index is 1050. The lowest BCUT2D eigenvalue weighted by Gasteiger charge is -2.03. The van der Waals surface area contributed by atoms with Crippen molar-refractivity contribution in [2.75, 3.05) is 20.6 Å². The van der Waals surface area contributed by atoms with Gasteiger partial charge in [-0.25, -0.2) is 9.18 Å². The second-order valence-electron chi connectivity index (χ2n) is 6.37. The Kier molecular flexibility index (Phi) is 5.48. The van der Waals surface area contributed by atoms with Crippen LogP contribution in [0.3, 0.4) is 0 Å². The van der Waals surface area contributed by atoms with Gasteiger partial charge >= 0.3 is 5.97 Å². The number of halogens is 1. The predicted octanol–water partition coefficient (Wildman–Crippen LogP) is 2.42. The van der Waals surface area contributed by atoms with E-state index in [1.165, 1.54) is 30.6 Å². The predicted molar refractivity (Wildman–Crippen MR) is 100 cm³/mol. The Labute approximate surface area is 156 Å². The number of pyridine rings is 1. The third kappa shape index (κ3) is 4.30. The third-order valence-corrected chi connectivity index (χ3v) is 4.03. The van der Waals surface area contributed by atoms with Gasteiger partial charge in [0.2, 0.25) is 0 Å². The fourth-order valence-electron chi connectivity index (χ4n) is 2.77. The first-order valence-electron chi connectivity index (χ1n) is 8.37. The third-order valence-electron chi connectivity index (χ3n) is 4.03. The van der Waals surface area contributed by atoms with Gasteiger partial charge in [0.25, 0.3) is 0 Å². The van der Waals surface area contributed by atoms with E-state index in [0.29, 0.717) is 29.7 Å². The van der Waals surface area contributed by atoms with Crippen molar-refractivity contribution in [3.05, 3.63) is 59.3 Å². The lowest BCUT2D eigenvalue weighted by atomic mass is 10.0. The van der Waals surface area contributed by atoms with E-state index in [0.717, 1.165) is 5.52 Å². The van der Waals surface area contributed by atoms with Crippen LogP contribution in [-0.4, -0.2) is 51.4 Å². The minimum atomic E-state index is -1.03. The molecule has 1 N–H and O–H groups in total. The van der Waals surface area contributed by atoms with E-state index < -0.39 is 5.97 Å². The van der Waals surface area contributed by atoms with Gasteiger partial charge in [0.1, 0.15) is 12.4 Å². The molecule has 7 heteroatoms. The van der Waals surface area contributed by atoms with Gasteiger partial charge < -0.3 is 5.11 Å². The first-order valence-corrected chi connectivity index (χ1v) is 8.37. The average molecular weight is 366 g/mol. The van der Waals surface area contributed by atoms with Crippen molar-refractivity contribution in [2.24, 2.45) is 0 Å². The average Bonchev–Trinajstić information content (AvgIpc) is 2.95. The molecule has 0 amide bonds. The number of carbonyl (C=O) groups is 1. The van der Waals surface area contributed by atoms with Gasteiger partial charge in [-0.1, -0.05) is 11.8 Å². The molecular weight excluding hydrogens is 347 g/mol. The van der Waals surface area contributed by atoms with Crippen LogP contribution in [0, 0.1) is 17.7 Å². The first kappa shape index (κ1) is 18.5. The van der Waals surface area contributed by atoms with E-state index >= 15 is 0 Å². The van der Waals surface area contributed by atoms with Crippen LogP contribution >= 0.6 is 0 Å². The highest BCUT2D eigenvalue weighted by Crippen LogP contribution is 2.23. The minimum Gasteiger partial charge on any atom is -0.478 e. The minimum absolute atomic E-state index is 0.162. The largest absolute Gasteiger partial charge is 0.478 e. The van der Waals surface area contributed by atoms with Crippen molar-refractivity contribution in [1.29, 1.82) is 0 Å². The normalized spacial score (nSPS) is 10.8. The number of fused-ring (bicyclic) bond motifs is 1. The molecule has 0 spiro atoms. The quantitative estimate of drug-likeness (QED) is 0.702. The highest BCUT2D eigenvalue weighted by atomic mass is 19.1. The molecule has 3 rings (SSSR count). The molecule has 0 atom stereocenters. The highest BCUT2D eigenvalue weighted by Gasteiger charge is 2.16. The summed E-state index contributed by atoms with van der Waals surface area (Å²) in [5, 5.41) is 14.6. The van der Waals surface area contributed by atoms with E-state index in [4.69, 9.17) is 0 Å². The summed E-state index contributed by atoms with van der Waals surface area (Å²) in [5.41, 5.74) is 2.04. The zero-order valence-corrected chi connectivity index (χ0v) is 15.1. The van der Waals surface area contributed by atoms with Gasteiger partial charge in [-0.05, 0) is 43.9 Å². The van der Waals surface area contributed by atoms with Crippen LogP contribution in [0.15, 0.2) is 36.7 Å². The molecule has 6 nitrogen and oxygen atoms in total. The van der Waals surface area contributed by atoms with E-state index in [-0.39, 0.29) is 17.8 Å². The molecule has 0 aliphatic heterocycles. The van der Waals surface area contributed by atoms with Crippen LogP contribution in [0.4, 0.5) is 4.39 Å². The Hall–Kier alpha value is -3.24.